The van der Waals surface area contributed by atoms with Crippen molar-refractivity contribution in [1.29, 1.82) is 0 Å². The molecule has 0 aliphatic heterocycles. The van der Waals surface area contributed by atoms with Crippen molar-refractivity contribution >= 4 is 41.3 Å². The summed E-state index contributed by atoms with van der Waals surface area (Å²) in [5, 5.41) is 7.67. The minimum absolute atomic E-state index is 0. The summed E-state index contributed by atoms with van der Waals surface area (Å²) in [4.78, 5) is 14.3. The Labute approximate surface area is 186 Å². The molecular weight excluding hydrogens is 485 g/mol. The number of aliphatic imine (C=N–C) groups is 1. The van der Waals surface area contributed by atoms with Gasteiger partial charge in [-0.25, -0.2) is 9.97 Å². The molecule has 0 bridgehead atoms. The maximum Gasteiger partial charge on any atom is 0.214 e. The van der Waals surface area contributed by atoms with Gasteiger partial charge in [-0.1, -0.05) is 36.8 Å². The standard InChI is InChI=1S/C20H25N5OS.HI/c1-4-16-11-24-19(27-16)9-10-22-20(21-3)25-13-18-23-12-17(26-18)15-7-5-14(2)6-8-15;/h5-8,11-12H,4,9-10,13H2,1-3H3,(H2,21,22,25);1H. The number of rotatable bonds is 7. The van der Waals surface area contributed by atoms with E-state index in [9.17, 15) is 0 Å². The summed E-state index contributed by atoms with van der Waals surface area (Å²) in [5.74, 6) is 2.11. The van der Waals surface area contributed by atoms with E-state index in [1.807, 2.05) is 18.3 Å². The molecule has 0 aliphatic carbocycles. The van der Waals surface area contributed by atoms with Gasteiger partial charge in [0.1, 0.15) is 0 Å². The lowest BCUT2D eigenvalue weighted by Crippen LogP contribution is -2.37. The van der Waals surface area contributed by atoms with Gasteiger partial charge in [0.05, 0.1) is 17.7 Å². The van der Waals surface area contributed by atoms with Gasteiger partial charge in [-0.3, -0.25) is 4.99 Å². The smallest absolute Gasteiger partial charge is 0.214 e. The summed E-state index contributed by atoms with van der Waals surface area (Å²) in [7, 11) is 1.75. The number of nitrogens with one attached hydrogen (secondary N) is 2. The van der Waals surface area contributed by atoms with Gasteiger partial charge in [0.25, 0.3) is 0 Å². The van der Waals surface area contributed by atoms with E-state index in [4.69, 9.17) is 4.42 Å². The maximum absolute atomic E-state index is 5.83. The Balaban J connectivity index is 0.00000280. The second kappa shape index (κ2) is 11.2. The molecule has 28 heavy (non-hydrogen) atoms. The van der Waals surface area contributed by atoms with Crippen LogP contribution in [-0.2, 0) is 19.4 Å². The molecule has 0 fully saturated rings. The number of aromatic nitrogens is 2. The van der Waals surface area contributed by atoms with Crippen LogP contribution in [0.4, 0.5) is 0 Å². The lowest BCUT2D eigenvalue weighted by Gasteiger charge is -2.09. The Bertz CT molecular complexity index is 888. The fourth-order valence-electron chi connectivity index (χ4n) is 2.54. The van der Waals surface area contributed by atoms with E-state index >= 15 is 0 Å². The molecule has 0 atom stereocenters. The molecule has 2 N–H and O–H groups in total. The highest BCUT2D eigenvalue weighted by molar-refractivity contribution is 14.0. The highest BCUT2D eigenvalue weighted by Crippen LogP contribution is 2.20. The largest absolute Gasteiger partial charge is 0.439 e. The number of hydrogen-bond donors (Lipinski definition) is 2. The van der Waals surface area contributed by atoms with Gasteiger partial charge in [-0.05, 0) is 13.3 Å². The summed E-state index contributed by atoms with van der Waals surface area (Å²) in [6.07, 6.45) is 5.63. The molecule has 0 saturated carbocycles. The Morgan fingerprint density at radius 2 is 1.93 bits per heavy atom. The molecule has 3 aromatic rings. The minimum Gasteiger partial charge on any atom is -0.439 e. The van der Waals surface area contributed by atoms with Crippen LogP contribution < -0.4 is 10.6 Å². The number of nitrogens with zero attached hydrogens (tertiary/aromatic N) is 3. The van der Waals surface area contributed by atoms with Crippen molar-refractivity contribution in [3.8, 4) is 11.3 Å². The Morgan fingerprint density at radius 1 is 1.14 bits per heavy atom. The number of halogens is 1. The summed E-state index contributed by atoms with van der Waals surface area (Å²) in [5.41, 5.74) is 2.25. The third-order valence-electron chi connectivity index (χ3n) is 4.10. The quantitative estimate of drug-likeness (QED) is 0.283. The number of guanidine groups is 1. The average Bonchev–Trinajstić information content (AvgIpc) is 3.34. The first-order valence-electron chi connectivity index (χ1n) is 9.07. The van der Waals surface area contributed by atoms with E-state index in [0.717, 1.165) is 41.7 Å². The zero-order valence-corrected chi connectivity index (χ0v) is 19.5. The van der Waals surface area contributed by atoms with Crippen LogP contribution in [0.25, 0.3) is 11.3 Å². The number of hydrogen-bond acceptors (Lipinski definition) is 5. The van der Waals surface area contributed by atoms with Gasteiger partial charge in [0.2, 0.25) is 5.89 Å². The summed E-state index contributed by atoms with van der Waals surface area (Å²) < 4.78 is 5.83. The molecule has 0 saturated heterocycles. The normalized spacial score (nSPS) is 11.2. The van der Waals surface area contributed by atoms with Crippen molar-refractivity contribution in [2.24, 2.45) is 4.99 Å². The number of thiazole rings is 1. The van der Waals surface area contributed by atoms with E-state index in [2.05, 4.69) is 51.6 Å². The van der Waals surface area contributed by atoms with Crippen molar-refractivity contribution in [3.05, 3.63) is 58.0 Å². The SMILES string of the molecule is CCc1cnc(CCNC(=NC)NCc2ncc(-c3ccc(C)cc3)o2)s1.I. The molecule has 2 heterocycles. The van der Waals surface area contributed by atoms with Crippen LogP contribution in [0.15, 0.2) is 46.1 Å². The van der Waals surface area contributed by atoms with E-state index < -0.39 is 0 Å². The van der Waals surface area contributed by atoms with E-state index in [-0.39, 0.29) is 24.0 Å². The molecule has 150 valence electrons. The predicted molar refractivity (Wildman–Crippen MR) is 125 cm³/mol. The fraction of sp³-hybridized carbons (Fsp3) is 0.350. The number of oxazole rings is 1. The van der Waals surface area contributed by atoms with Crippen molar-refractivity contribution in [2.75, 3.05) is 13.6 Å². The average molecular weight is 511 g/mol. The minimum atomic E-state index is 0. The third-order valence-corrected chi connectivity index (χ3v) is 5.30. The molecule has 2 aromatic heterocycles. The lowest BCUT2D eigenvalue weighted by atomic mass is 10.1. The molecule has 0 radical (unpaired) electrons. The van der Waals surface area contributed by atoms with Crippen LogP contribution in [-0.4, -0.2) is 29.5 Å². The Hall–Kier alpha value is -1.94. The molecule has 0 unspecified atom stereocenters. The van der Waals surface area contributed by atoms with Crippen molar-refractivity contribution in [2.45, 2.75) is 33.2 Å². The topological polar surface area (TPSA) is 75.3 Å². The molecule has 1 aromatic carbocycles. The third kappa shape index (κ3) is 6.30. The fourth-order valence-corrected chi connectivity index (χ4v) is 3.40. The van der Waals surface area contributed by atoms with Gasteiger partial charge in [-0.15, -0.1) is 35.3 Å². The van der Waals surface area contributed by atoms with E-state index in [0.29, 0.717) is 12.4 Å². The number of benzene rings is 1. The van der Waals surface area contributed by atoms with Crippen LogP contribution in [0.3, 0.4) is 0 Å². The Kier molecular flexibility index (Phi) is 8.91. The van der Waals surface area contributed by atoms with Crippen LogP contribution >= 0.6 is 35.3 Å². The first kappa shape index (κ1) is 22.4. The van der Waals surface area contributed by atoms with Crippen molar-refractivity contribution in [1.82, 2.24) is 20.6 Å². The van der Waals surface area contributed by atoms with E-state index in [1.54, 1.807) is 24.6 Å². The second-order valence-corrected chi connectivity index (χ2v) is 7.36. The highest BCUT2D eigenvalue weighted by Gasteiger charge is 2.07. The molecule has 0 spiro atoms. The van der Waals surface area contributed by atoms with Gasteiger partial charge in [0, 0.05) is 36.7 Å². The number of aryl methyl sites for hydroxylation is 2. The molecular formula is C20H26IN5OS. The second-order valence-electron chi connectivity index (χ2n) is 6.16. The first-order chi connectivity index (χ1) is 13.2. The molecule has 0 aliphatic rings. The van der Waals surface area contributed by atoms with Crippen LogP contribution in [0.5, 0.6) is 0 Å². The van der Waals surface area contributed by atoms with Crippen LogP contribution in [0.2, 0.25) is 0 Å². The molecule has 0 amide bonds. The zero-order chi connectivity index (χ0) is 19.1. The maximum atomic E-state index is 5.83. The highest BCUT2D eigenvalue weighted by atomic mass is 127. The van der Waals surface area contributed by atoms with Crippen LogP contribution in [0.1, 0.15) is 28.3 Å². The van der Waals surface area contributed by atoms with Gasteiger partial charge < -0.3 is 15.1 Å². The monoisotopic (exact) mass is 511 g/mol. The Morgan fingerprint density at radius 3 is 2.61 bits per heavy atom. The molecule has 8 heteroatoms. The molecule has 3 rings (SSSR count). The lowest BCUT2D eigenvalue weighted by molar-refractivity contribution is 0.497. The summed E-state index contributed by atoms with van der Waals surface area (Å²) >= 11 is 1.77. The molecule has 6 nitrogen and oxygen atoms in total. The predicted octanol–water partition coefficient (Wildman–Crippen LogP) is 4.19. The van der Waals surface area contributed by atoms with Crippen molar-refractivity contribution in [3.63, 3.8) is 0 Å². The van der Waals surface area contributed by atoms with E-state index in [1.165, 1.54) is 10.4 Å². The first-order valence-corrected chi connectivity index (χ1v) is 9.89. The zero-order valence-electron chi connectivity index (χ0n) is 16.4. The van der Waals surface area contributed by atoms with Gasteiger partial charge in [-0.2, -0.15) is 0 Å². The summed E-state index contributed by atoms with van der Waals surface area (Å²) in [6, 6.07) is 8.20. The van der Waals surface area contributed by atoms with Crippen LogP contribution in [0, 0.1) is 6.92 Å². The van der Waals surface area contributed by atoms with Crippen molar-refractivity contribution < 1.29 is 4.42 Å². The van der Waals surface area contributed by atoms with Gasteiger partial charge in [0.15, 0.2) is 11.7 Å². The summed E-state index contributed by atoms with van der Waals surface area (Å²) in [6.45, 7) is 5.46. The van der Waals surface area contributed by atoms with Gasteiger partial charge >= 0.3 is 0 Å².